The van der Waals surface area contributed by atoms with Crippen molar-refractivity contribution in [2.75, 3.05) is 0 Å². The van der Waals surface area contributed by atoms with E-state index in [-0.39, 0.29) is 0 Å². The summed E-state index contributed by atoms with van der Waals surface area (Å²) in [5.74, 6) is 0. The topological polar surface area (TPSA) is 0 Å². The van der Waals surface area contributed by atoms with Crippen molar-refractivity contribution in [3.05, 3.63) is 218 Å². The van der Waals surface area contributed by atoms with Crippen molar-refractivity contribution in [3.8, 4) is 33.4 Å². The van der Waals surface area contributed by atoms with Gasteiger partial charge in [-0.25, -0.2) is 0 Å². The fourth-order valence-electron chi connectivity index (χ4n) is 11.0. The van der Waals surface area contributed by atoms with Gasteiger partial charge in [-0.15, -0.1) is 11.3 Å². The number of hydrogen-bond acceptors (Lipinski definition) is 1. The quantitative estimate of drug-likeness (QED) is 0.123. The first-order chi connectivity index (χ1) is 31.2. The molecule has 0 bridgehead atoms. The first kappa shape index (κ1) is 34.8. The van der Waals surface area contributed by atoms with E-state index in [2.05, 4.69) is 218 Å². The third-order valence-corrected chi connectivity index (χ3v) is 14.9. The SMILES string of the molecule is c1ccc2c(c1)ccc1ccc(-c3c4ccccc4c(-c4ccc(-c5ccc6c(c5)c5ccccc5c5cc7c(cc65)sc5ccccc57)c5ccccc45)c4ccccc34)cc12. The molecule has 290 valence electrons. The lowest BCUT2D eigenvalue weighted by molar-refractivity contribution is 1.67. The van der Waals surface area contributed by atoms with Gasteiger partial charge in [0.15, 0.2) is 0 Å². The van der Waals surface area contributed by atoms with Crippen molar-refractivity contribution in [2.45, 2.75) is 0 Å². The van der Waals surface area contributed by atoms with E-state index in [0.717, 1.165) is 0 Å². The molecule has 0 saturated carbocycles. The molecule has 0 N–H and O–H groups in total. The minimum Gasteiger partial charge on any atom is -0.135 e. The van der Waals surface area contributed by atoms with Gasteiger partial charge in [0.1, 0.15) is 0 Å². The molecule has 0 saturated heterocycles. The van der Waals surface area contributed by atoms with Crippen LogP contribution < -0.4 is 0 Å². The lowest BCUT2D eigenvalue weighted by atomic mass is 9.83. The van der Waals surface area contributed by atoms with E-state index in [0.29, 0.717) is 0 Å². The van der Waals surface area contributed by atoms with E-state index in [1.165, 1.54) is 140 Å². The van der Waals surface area contributed by atoms with Gasteiger partial charge in [-0.3, -0.25) is 0 Å². The summed E-state index contributed by atoms with van der Waals surface area (Å²) in [5, 5.41) is 23.1. The zero-order valence-electron chi connectivity index (χ0n) is 34.2. The lowest BCUT2D eigenvalue weighted by Crippen LogP contribution is -1.93. The average molecular weight is 813 g/mol. The summed E-state index contributed by atoms with van der Waals surface area (Å²) < 4.78 is 2.68. The van der Waals surface area contributed by atoms with Crippen LogP contribution in [0.15, 0.2) is 218 Å². The largest absolute Gasteiger partial charge is 0.135 e. The highest BCUT2D eigenvalue weighted by atomic mass is 32.1. The number of thiophene rings is 1. The normalized spacial score (nSPS) is 12.1. The molecule has 1 heterocycles. The van der Waals surface area contributed by atoms with Gasteiger partial charge < -0.3 is 0 Å². The van der Waals surface area contributed by atoms with E-state index >= 15 is 0 Å². The molecule has 0 atom stereocenters. The predicted octanol–water partition coefficient (Wildman–Crippen LogP) is 18.3. The Hall–Kier alpha value is -7.84. The van der Waals surface area contributed by atoms with Crippen LogP contribution in [-0.4, -0.2) is 0 Å². The van der Waals surface area contributed by atoms with Crippen molar-refractivity contribution in [1.29, 1.82) is 0 Å². The molecule has 0 unspecified atom stereocenters. The second-order valence-corrected chi connectivity index (χ2v) is 18.2. The van der Waals surface area contributed by atoms with Gasteiger partial charge in [0.25, 0.3) is 0 Å². The maximum Gasteiger partial charge on any atom is 0.0362 e. The van der Waals surface area contributed by atoms with E-state index in [1.54, 1.807) is 0 Å². The second kappa shape index (κ2) is 13.3. The van der Waals surface area contributed by atoms with Crippen LogP contribution in [0.2, 0.25) is 0 Å². The van der Waals surface area contributed by atoms with Gasteiger partial charge >= 0.3 is 0 Å². The smallest absolute Gasteiger partial charge is 0.0362 e. The highest BCUT2D eigenvalue weighted by molar-refractivity contribution is 7.25. The van der Waals surface area contributed by atoms with Gasteiger partial charge in [-0.1, -0.05) is 188 Å². The van der Waals surface area contributed by atoms with Crippen LogP contribution in [0.5, 0.6) is 0 Å². The molecule has 0 aliphatic heterocycles. The number of hydrogen-bond donors (Lipinski definition) is 0. The van der Waals surface area contributed by atoms with Crippen molar-refractivity contribution in [1.82, 2.24) is 0 Å². The second-order valence-electron chi connectivity index (χ2n) is 17.1. The highest BCUT2D eigenvalue weighted by Crippen LogP contribution is 2.48. The van der Waals surface area contributed by atoms with E-state index in [9.17, 15) is 0 Å². The molecular weight excluding hydrogens is 777 g/mol. The Labute approximate surface area is 367 Å². The van der Waals surface area contributed by atoms with Gasteiger partial charge in [-0.05, 0) is 150 Å². The molecule has 0 spiro atoms. The molecule has 0 amide bonds. The summed E-state index contributed by atoms with van der Waals surface area (Å²) in [6.07, 6.45) is 0. The summed E-state index contributed by atoms with van der Waals surface area (Å²) in [6.45, 7) is 0. The molecule has 14 aromatic rings. The molecule has 13 aromatic carbocycles. The van der Waals surface area contributed by atoms with Crippen molar-refractivity contribution >= 4 is 118 Å². The van der Waals surface area contributed by atoms with Gasteiger partial charge in [0.05, 0.1) is 0 Å². The lowest BCUT2D eigenvalue weighted by Gasteiger charge is -2.20. The molecule has 0 nitrogen and oxygen atoms in total. The molecule has 63 heavy (non-hydrogen) atoms. The van der Waals surface area contributed by atoms with Crippen LogP contribution in [0.3, 0.4) is 0 Å². The van der Waals surface area contributed by atoms with Gasteiger partial charge in [-0.2, -0.15) is 0 Å². The first-order valence-corrected chi connectivity index (χ1v) is 22.6. The van der Waals surface area contributed by atoms with E-state index < -0.39 is 0 Å². The minimum atomic E-state index is 1.23. The predicted molar refractivity (Wildman–Crippen MR) is 276 cm³/mol. The zero-order valence-corrected chi connectivity index (χ0v) is 35.0. The van der Waals surface area contributed by atoms with Crippen LogP contribution >= 0.6 is 11.3 Å². The van der Waals surface area contributed by atoms with Gasteiger partial charge in [0, 0.05) is 20.2 Å². The third kappa shape index (κ3) is 5.09. The zero-order chi connectivity index (χ0) is 41.2. The van der Waals surface area contributed by atoms with Crippen LogP contribution in [0.1, 0.15) is 0 Å². The standard InChI is InChI=1S/C62H36S/c1-2-14-41-37(13-1)25-26-38-27-28-40(34-54(38)41)61-49-20-7-9-22-51(49)62(52-23-10-8-21-50(52)61)53-32-31-42(43-15-3-4-16-44(43)53)39-29-30-47-55(33-39)45-17-5-6-18-46(45)56-35-58-48-19-11-12-24-59(48)63-60(58)36-57(47)56/h1-36H. The maximum absolute atomic E-state index is 2.44. The van der Waals surface area contributed by atoms with Crippen molar-refractivity contribution < 1.29 is 0 Å². The molecule has 0 aliphatic carbocycles. The van der Waals surface area contributed by atoms with E-state index in [4.69, 9.17) is 0 Å². The summed E-state index contributed by atoms with van der Waals surface area (Å²) in [6, 6.07) is 81.9. The summed E-state index contributed by atoms with van der Waals surface area (Å²) in [4.78, 5) is 0. The molecule has 1 aromatic heterocycles. The Kier molecular flexibility index (Phi) is 7.37. The maximum atomic E-state index is 2.44. The average Bonchev–Trinajstić information content (AvgIpc) is 3.72. The Morgan fingerprint density at radius 3 is 1.38 bits per heavy atom. The summed E-state index contributed by atoms with van der Waals surface area (Å²) >= 11 is 1.89. The fourth-order valence-corrected chi connectivity index (χ4v) is 12.1. The minimum absolute atomic E-state index is 1.23. The van der Waals surface area contributed by atoms with Crippen molar-refractivity contribution in [3.63, 3.8) is 0 Å². The molecule has 1 heteroatoms. The third-order valence-electron chi connectivity index (χ3n) is 13.8. The van der Waals surface area contributed by atoms with E-state index in [1.807, 2.05) is 11.3 Å². The molecule has 14 rings (SSSR count). The Morgan fingerprint density at radius 1 is 0.206 bits per heavy atom. The summed E-state index contributed by atoms with van der Waals surface area (Å²) in [5.41, 5.74) is 7.53. The Morgan fingerprint density at radius 2 is 0.667 bits per heavy atom. The van der Waals surface area contributed by atoms with Crippen LogP contribution in [0.4, 0.5) is 0 Å². The van der Waals surface area contributed by atoms with Crippen LogP contribution in [-0.2, 0) is 0 Å². The number of benzene rings is 13. The Balaban J connectivity index is 0.988. The molecule has 0 radical (unpaired) electrons. The van der Waals surface area contributed by atoms with Crippen molar-refractivity contribution in [2.24, 2.45) is 0 Å². The monoisotopic (exact) mass is 812 g/mol. The molecule has 0 fully saturated rings. The fraction of sp³-hybridized carbons (Fsp3) is 0. The summed E-state index contributed by atoms with van der Waals surface area (Å²) in [7, 11) is 0. The van der Waals surface area contributed by atoms with Crippen LogP contribution in [0.25, 0.3) is 140 Å². The van der Waals surface area contributed by atoms with Crippen LogP contribution in [0, 0.1) is 0 Å². The van der Waals surface area contributed by atoms with Gasteiger partial charge in [0.2, 0.25) is 0 Å². The molecule has 0 aliphatic rings. The number of fused-ring (bicyclic) bond motifs is 15. The molecular formula is C62H36S. The highest BCUT2D eigenvalue weighted by Gasteiger charge is 2.20. The number of rotatable bonds is 3. The first-order valence-electron chi connectivity index (χ1n) is 21.8. The Bertz CT molecular complexity index is 4200.